The normalized spacial score (nSPS) is 13.3. The van der Waals surface area contributed by atoms with Crippen LogP contribution in [0.1, 0.15) is 25.3 Å². The summed E-state index contributed by atoms with van der Waals surface area (Å²) < 4.78 is 4.59. The second-order valence-electron chi connectivity index (χ2n) is 3.79. The second-order valence-corrected chi connectivity index (χ2v) is 3.79. The number of nitrogens with zero attached hydrogens (tertiary/aromatic N) is 1. The Morgan fingerprint density at radius 1 is 1.35 bits per heavy atom. The fourth-order valence-corrected chi connectivity index (χ4v) is 1.61. The van der Waals surface area contributed by atoms with Gasteiger partial charge in [-0.05, 0) is 18.1 Å². The highest BCUT2D eigenvalue weighted by molar-refractivity contribution is 5.93. The Kier molecular flexibility index (Phi) is 4.47. The van der Waals surface area contributed by atoms with E-state index in [9.17, 15) is 4.79 Å². The molecule has 0 radical (unpaired) electrons. The Morgan fingerprint density at radius 2 is 1.94 bits per heavy atom. The van der Waals surface area contributed by atoms with Gasteiger partial charge in [0.25, 0.3) is 0 Å². The lowest BCUT2D eigenvalue weighted by atomic mass is 9.91. The van der Waals surface area contributed by atoms with Gasteiger partial charge >= 0.3 is 5.97 Å². The van der Waals surface area contributed by atoms with E-state index in [0.29, 0.717) is 0 Å². The van der Waals surface area contributed by atoms with Crippen LogP contribution < -0.4 is 0 Å². The molecule has 1 rings (SSSR count). The zero-order chi connectivity index (χ0) is 12.8. The van der Waals surface area contributed by atoms with Gasteiger partial charge in [0.15, 0.2) is 0 Å². The lowest BCUT2D eigenvalue weighted by Gasteiger charge is -2.13. The molecule has 3 heteroatoms. The topological polar surface area (TPSA) is 50.1 Å². The van der Waals surface area contributed by atoms with E-state index in [1.807, 2.05) is 43.3 Å². The van der Waals surface area contributed by atoms with Gasteiger partial charge in [-0.15, -0.1) is 0 Å². The number of nitriles is 1. The number of carbonyl (C=O) groups is 1. The maximum atomic E-state index is 11.4. The van der Waals surface area contributed by atoms with Crippen molar-refractivity contribution >= 4 is 5.97 Å². The van der Waals surface area contributed by atoms with Crippen LogP contribution in [0.3, 0.4) is 0 Å². The summed E-state index contributed by atoms with van der Waals surface area (Å²) in [5.41, 5.74) is 1.89. The molecule has 0 fully saturated rings. The van der Waals surface area contributed by atoms with E-state index in [1.165, 1.54) is 7.11 Å². The third-order valence-electron chi connectivity index (χ3n) is 2.84. The highest BCUT2D eigenvalue weighted by atomic mass is 16.5. The monoisotopic (exact) mass is 229 g/mol. The van der Waals surface area contributed by atoms with Crippen molar-refractivity contribution < 1.29 is 9.53 Å². The van der Waals surface area contributed by atoms with Crippen LogP contribution in [0.2, 0.25) is 0 Å². The van der Waals surface area contributed by atoms with E-state index in [1.54, 1.807) is 6.92 Å². The van der Waals surface area contributed by atoms with Crippen molar-refractivity contribution in [2.24, 2.45) is 0 Å². The molecule has 0 N–H and O–H groups in total. The van der Waals surface area contributed by atoms with Crippen LogP contribution in [0.4, 0.5) is 0 Å². The van der Waals surface area contributed by atoms with Crippen molar-refractivity contribution in [1.82, 2.24) is 0 Å². The molecule has 0 amide bonds. The van der Waals surface area contributed by atoms with E-state index in [2.05, 4.69) is 4.74 Å². The molecule has 0 saturated carbocycles. The van der Waals surface area contributed by atoms with Gasteiger partial charge in [0.05, 0.1) is 7.11 Å². The molecule has 1 aromatic carbocycles. The number of allylic oxidation sites excluding steroid dienone is 1. The number of esters is 1. The average molecular weight is 229 g/mol. The fourth-order valence-electron chi connectivity index (χ4n) is 1.61. The first kappa shape index (κ1) is 13.0. The van der Waals surface area contributed by atoms with Gasteiger partial charge in [-0.1, -0.05) is 37.3 Å². The number of ether oxygens (including phenoxy) is 1. The summed E-state index contributed by atoms with van der Waals surface area (Å²) in [5, 5.41) is 8.99. The summed E-state index contributed by atoms with van der Waals surface area (Å²) >= 11 is 0. The zero-order valence-corrected chi connectivity index (χ0v) is 10.2. The summed E-state index contributed by atoms with van der Waals surface area (Å²) in [6, 6.07) is 11.7. The fraction of sp³-hybridized carbons (Fsp3) is 0.286. The summed E-state index contributed by atoms with van der Waals surface area (Å²) in [4.78, 5) is 11.4. The standard InChI is InChI=1S/C14H15NO2/c1-10(12-7-5-4-6-8-12)11(2)13(9-15)14(16)17-3/h4-8,10H,1-3H3/b13-11+. The predicted octanol–water partition coefficient (Wildman–Crippen LogP) is 2.80. The highest BCUT2D eigenvalue weighted by Crippen LogP contribution is 2.25. The third-order valence-corrected chi connectivity index (χ3v) is 2.84. The zero-order valence-electron chi connectivity index (χ0n) is 10.2. The minimum atomic E-state index is -0.576. The Labute approximate surface area is 101 Å². The summed E-state index contributed by atoms with van der Waals surface area (Å²) in [7, 11) is 1.28. The predicted molar refractivity (Wildman–Crippen MR) is 65.2 cm³/mol. The van der Waals surface area contributed by atoms with Gasteiger partial charge in [-0.25, -0.2) is 4.79 Å². The molecule has 0 bridgehead atoms. The van der Waals surface area contributed by atoms with Crippen LogP contribution >= 0.6 is 0 Å². The molecule has 88 valence electrons. The summed E-state index contributed by atoms with van der Waals surface area (Å²) in [6.07, 6.45) is 0. The number of hydrogen-bond donors (Lipinski definition) is 0. The molecule has 17 heavy (non-hydrogen) atoms. The lowest BCUT2D eigenvalue weighted by molar-refractivity contribution is -0.135. The number of carbonyl (C=O) groups excluding carboxylic acids is 1. The molecular formula is C14H15NO2. The van der Waals surface area contributed by atoms with Gasteiger partial charge in [-0.3, -0.25) is 0 Å². The molecule has 1 unspecified atom stereocenters. The first-order valence-electron chi connectivity index (χ1n) is 5.36. The maximum Gasteiger partial charge on any atom is 0.348 e. The molecule has 1 aromatic rings. The molecule has 0 aliphatic rings. The molecule has 3 nitrogen and oxygen atoms in total. The van der Waals surface area contributed by atoms with E-state index in [4.69, 9.17) is 5.26 Å². The van der Waals surface area contributed by atoms with Gasteiger partial charge in [-0.2, -0.15) is 5.26 Å². The Balaban J connectivity index is 3.11. The molecular weight excluding hydrogens is 214 g/mol. The third kappa shape index (κ3) is 2.94. The molecule has 0 aliphatic carbocycles. The van der Waals surface area contributed by atoms with Crippen molar-refractivity contribution in [2.75, 3.05) is 7.11 Å². The van der Waals surface area contributed by atoms with E-state index >= 15 is 0 Å². The SMILES string of the molecule is COC(=O)/C(C#N)=C(\C)C(C)c1ccccc1. The van der Waals surface area contributed by atoms with Crippen LogP contribution in [-0.4, -0.2) is 13.1 Å². The number of hydrogen-bond acceptors (Lipinski definition) is 3. The number of benzene rings is 1. The van der Waals surface area contributed by atoms with Crippen molar-refractivity contribution in [1.29, 1.82) is 5.26 Å². The Morgan fingerprint density at radius 3 is 2.41 bits per heavy atom. The minimum absolute atomic E-state index is 0.0185. The van der Waals surface area contributed by atoms with Crippen LogP contribution in [0, 0.1) is 11.3 Å². The second kappa shape index (κ2) is 5.86. The Bertz CT molecular complexity index is 469. The highest BCUT2D eigenvalue weighted by Gasteiger charge is 2.17. The van der Waals surface area contributed by atoms with Crippen LogP contribution in [0.5, 0.6) is 0 Å². The van der Waals surface area contributed by atoms with E-state index in [-0.39, 0.29) is 11.5 Å². The lowest BCUT2D eigenvalue weighted by Crippen LogP contribution is -2.08. The summed E-state index contributed by atoms with van der Waals surface area (Å²) in [6.45, 7) is 3.75. The van der Waals surface area contributed by atoms with Crippen LogP contribution in [-0.2, 0) is 9.53 Å². The van der Waals surface area contributed by atoms with Gasteiger partial charge in [0.1, 0.15) is 11.6 Å². The largest absolute Gasteiger partial charge is 0.465 e. The van der Waals surface area contributed by atoms with Crippen LogP contribution in [0.25, 0.3) is 0 Å². The van der Waals surface area contributed by atoms with Crippen molar-refractivity contribution in [3.63, 3.8) is 0 Å². The van der Waals surface area contributed by atoms with E-state index in [0.717, 1.165) is 11.1 Å². The number of methoxy groups -OCH3 is 1. The first-order chi connectivity index (χ1) is 8.11. The van der Waals surface area contributed by atoms with E-state index < -0.39 is 5.97 Å². The molecule has 0 aliphatic heterocycles. The smallest absolute Gasteiger partial charge is 0.348 e. The van der Waals surface area contributed by atoms with Gasteiger partial charge < -0.3 is 4.74 Å². The van der Waals surface area contributed by atoms with Crippen molar-refractivity contribution in [2.45, 2.75) is 19.8 Å². The van der Waals surface area contributed by atoms with Crippen molar-refractivity contribution in [3.8, 4) is 6.07 Å². The first-order valence-corrected chi connectivity index (χ1v) is 5.36. The Hall–Kier alpha value is -2.08. The molecule has 0 spiro atoms. The molecule has 1 atom stereocenters. The molecule has 0 saturated heterocycles. The van der Waals surface area contributed by atoms with Gasteiger partial charge in [0, 0.05) is 5.92 Å². The quantitative estimate of drug-likeness (QED) is 0.455. The minimum Gasteiger partial charge on any atom is -0.465 e. The maximum absolute atomic E-state index is 11.4. The molecule has 0 aromatic heterocycles. The molecule has 0 heterocycles. The van der Waals surface area contributed by atoms with Gasteiger partial charge in [0.2, 0.25) is 0 Å². The number of rotatable bonds is 3. The average Bonchev–Trinajstić information content (AvgIpc) is 2.39. The van der Waals surface area contributed by atoms with Crippen LogP contribution in [0.15, 0.2) is 41.5 Å². The van der Waals surface area contributed by atoms with Crippen molar-refractivity contribution in [3.05, 3.63) is 47.0 Å². The summed E-state index contributed by atoms with van der Waals surface area (Å²) in [5.74, 6) is -0.558.